The van der Waals surface area contributed by atoms with Gasteiger partial charge in [-0.2, -0.15) is 0 Å². The third-order valence-electron chi connectivity index (χ3n) is 5.28. The predicted molar refractivity (Wildman–Crippen MR) is 126 cm³/mol. The molecule has 0 bridgehead atoms. The number of H-pyrrole nitrogens is 1. The van der Waals surface area contributed by atoms with Gasteiger partial charge in [-0.1, -0.05) is 53.1 Å². The van der Waals surface area contributed by atoms with Crippen LogP contribution in [0.4, 0.5) is 0 Å². The average Bonchev–Trinajstić information content (AvgIpc) is 2.75. The zero-order chi connectivity index (χ0) is 22.0. The van der Waals surface area contributed by atoms with Gasteiger partial charge in [-0.25, -0.2) is 0 Å². The summed E-state index contributed by atoms with van der Waals surface area (Å²) in [6.07, 6.45) is 0. The van der Waals surface area contributed by atoms with Crippen molar-refractivity contribution in [2.24, 2.45) is 0 Å². The van der Waals surface area contributed by atoms with Gasteiger partial charge >= 0.3 is 0 Å². The number of benzene rings is 3. The van der Waals surface area contributed by atoms with E-state index in [0.717, 1.165) is 27.6 Å². The maximum absolute atomic E-state index is 13.4. The maximum atomic E-state index is 13.4. The molecule has 4 nitrogen and oxygen atoms in total. The Morgan fingerprint density at radius 1 is 0.903 bits per heavy atom. The Labute approximate surface area is 186 Å². The number of pyridine rings is 1. The number of halogens is 1. The zero-order valence-electron chi connectivity index (χ0n) is 17.5. The van der Waals surface area contributed by atoms with E-state index in [1.165, 1.54) is 0 Å². The molecule has 1 N–H and O–H groups in total. The first-order chi connectivity index (χ1) is 14.9. The first kappa shape index (κ1) is 20.9. The summed E-state index contributed by atoms with van der Waals surface area (Å²) < 4.78 is 0. The number of amides is 1. The molecule has 0 fully saturated rings. The normalized spacial score (nSPS) is 10.9. The van der Waals surface area contributed by atoms with Crippen molar-refractivity contribution in [3.8, 4) is 0 Å². The van der Waals surface area contributed by atoms with Gasteiger partial charge in [0.1, 0.15) is 0 Å². The summed E-state index contributed by atoms with van der Waals surface area (Å²) in [5.74, 6) is -0.123. The molecule has 1 amide bonds. The van der Waals surface area contributed by atoms with Gasteiger partial charge in [-0.15, -0.1) is 0 Å². The Balaban J connectivity index is 1.72. The summed E-state index contributed by atoms with van der Waals surface area (Å²) in [6, 6.07) is 22.7. The third-order valence-corrected chi connectivity index (χ3v) is 5.53. The van der Waals surface area contributed by atoms with E-state index in [1.54, 1.807) is 23.1 Å². The van der Waals surface area contributed by atoms with Crippen LogP contribution in [0.1, 0.15) is 32.6 Å². The van der Waals surface area contributed by atoms with E-state index in [0.29, 0.717) is 22.7 Å². The number of hydrogen-bond donors (Lipinski definition) is 1. The van der Waals surface area contributed by atoms with Crippen molar-refractivity contribution in [3.63, 3.8) is 0 Å². The largest absolute Gasteiger partial charge is 0.330 e. The number of aromatic nitrogens is 1. The molecule has 1 heterocycles. The highest BCUT2D eigenvalue weighted by Gasteiger charge is 2.19. The minimum atomic E-state index is -0.186. The fourth-order valence-electron chi connectivity index (χ4n) is 3.66. The molecule has 5 heteroatoms. The van der Waals surface area contributed by atoms with Crippen molar-refractivity contribution < 1.29 is 4.79 Å². The number of hydrogen-bond acceptors (Lipinski definition) is 2. The van der Waals surface area contributed by atoms with E-state index >= 15 is 0 Å². The summed E-state index contributed by atoms with van der Waals surface area (Å²) in [5.41, 5.74) is 4.81. The number of carbonyl (C=O) groups excluding carboxylic acids is 1. The predicted octanol–water partition coefficient (Wildman–Crippen LogP) is 5.64. The Morgan fingerprint density at radius 2 is 1.65 bits per heavy atom. The lowest BCUT2D eigenvalue weighted by Crippen LogP contribution is -2.32. The van der Waals surface area contributed by atoms with Crippen LogP contribution in [0.3, 0.4) is 0 Å². The van der Waals surface area contributed by atoms with Crippen LogP contribution in [0.5, 0.6) is 0 Å². The Bertz CT molecular complexity index is 1310. The van der Waals surface area contributed by atoms with Gasteiger partial charge < -0.3 is 9.88 Å². The standard InChI is InChI=1S/C26H23ClN2O2/c1-17-4-3-5-20(12-17)26(31)29(15-19-7-9-23(27)10-8-19)16-22-14-21-13-18(2)6-11-24(21)28-25(22)30/h3-14H,15-16H2,1-2H3,(H,28,30). The molecule has 3 aromatic carbocycles. The molecular weight excluding hydrogens is 408 g/mol. The van der Waals surface area contributed by atoms with Crippen LogP contribution in [0.2, 0.25) is 5.02 Å². The number of nitrogens with one attached hydrogen (secondary N) is 1. The van der Waals surface area contributed by atoms with Crippen LogP contribution >= 0.6 is 11.6 Å². The number of aryl methyl sites for hydroxylation is 2. The molecular formula is C26H23ClN2O2. The van der Waals surface area contributed by atoms with E-state index in [2.05, 4.69) is 4.98 Å². The lowest BCUT2D eigenvalue weighted by molar-refractivity contribution is 0.0729. The van der Waals surface area contributed by atoms with Crippen molar-refractivity contribution in [1.82, 2.24) is 9.88 Å². The van der Waals surface area contributed by atoms with Crippen LogP contribution in [0.25, 0.3) is 10.9 Å². The van der Waals surface area contributed by atoms with Crippen molar-refractivity contribution in [2.45, 2.75) is 26.9 Å². The second-order valence-electron chi connectivity index (χ2n) is 7.87. The highest BCUT2D eigenvalue weighted by molar-refractivity contribution is 6.30. The minimum absolute atomic E-state index is 0.123. The molecule has 4 rings (SSSR count). The number of nitrogens with zero attached hydrogens (tertiary/aromatic N) is 1. The van der Waals surface area contributed by atoms with Crippen molar-refractivity contribution in [2.75, 3.05) is 0 Å². The van der Waals surface area contributed by atoms with Crippen LogP contribution < -0.4 is 5.56 Å². The van der Waals surface area contributed by atoms with E-state index < -0.39 is 0 Å². The molecule has 0 aliphatic heterocycles. The first-order valence-electron chi connectivity index (χ1n) is 10.1. The summed E-state index contributed by atoms with van der Waals surface area (Å²) in [4.78, 5) is 30.8. The summed E-state index contributed by atoms with van der Waals surface area (Å²) >= 11 is 6.02. The van der Waals surface area contributed by atoms with Crippen LogP contribution in [-0.2, 0) is 13.1 Å². The van der Waals surface area contributed by atoms with Crippen molar-refractivity contribution >= 4 is 28.4 Å². The summed E-state index contributed by atoms with van der Waals surface area (Å²) in [5, 5.41) is 1.59. The first-order valence-corrected chi connectivity index (χ1v) is 10.5. The average molecular weight is 431 g/mol. The van der Waals surface area contributed by atoms with Crippen LogP contribution in [-0.4, -0.2) is 15.8 Å². The van der Waals surface area contributed by atoms with Crippen molar-refractivity contribution in [1.29, 1.82) is 0 Å². The second kappa shape index (κ2) is 8.78. The molecule has 1 aromatic heterocycles. The zero-order valence-corrected chi connectivity index (χ0v) is 18.2. The molecule has 0 atom stereocenters. The van der Waals surface area contributed by atoms with Gasteiger partial charge in [0.15, 0.2) is 0 Å². The smallest absolute Gasteiger partial charge is 0.254 e. The molecule has 0 saturated heterocycles. The lowest BCUT2D eigenvalue weighted by atomic mass is 10.1. The summed E-state index contributed by atoms with van der Waals surface area (Å²) in [6.45, 7) is 4.54. The minimum Gasteiger partial charge on any atom is -0.330 e. The third kappa shape index (κ3) is 4.86. The number of aromatic amines is 1. The SMILES string of the molecule is Cc1cccc(C(=O)N(Cc2ccc(Cl)cc2)Cc2cc3cc(C)ccc3[nH]c2=O)c1. The van der Waals surface area contributed by atoms with Gasteiger partial charge in [-0.3, -0.25) is 9.59 Å². The number of fused-ring (bicyclic) bond motifs is 1. The lowest BCUT2D eigenvalue weighted by Gasteiger charge is -2.23. The Morgan fingerprint density at radius 3 is 2.39 bits per heavy atom. The Kier molecular flexibility index (Phi) is 5.92. The summed E-state index contributed by atoms with van der Waals surface area (Å²) in [7, 11) is 0. The quantitative estimate of drug-likeness (QED) is 0.445. The van der Waals surface area contributed by atoms with Crippen LogP contribution in [0.15, 0.2) is 77.6 Å². The second-order valence-corrected chi connectivity index (χ2v) is 8.31. The molecule has 31 heavy (non-hydrogen) atoms. The molecule has 0 aliphatic carbocycles. The van der Waals surface area contributed by atoms with Gasteiger partial charge in [0, 0.05) is 28.2 Å². The molecule has 0 saturated carbocycles. The fourth-order valence-corrected chi connectivity index (χ4v) is 3.79. The van der Waals surface area contributed by atoms with Gasteiger partial charge in [0.05, 0.1) is 6.54 Å². The Hall–Kier alpha value is -3.37. The molecule has 0 unspecified atom stereocenters. The van der Waals surface area contributed by atoms with Gasteiger partial charge in [-0.05, 0) is 67.3 Å². The van der Waals surface area contributed by atoms with Gasteiger partial charge in [0.25, 0.3) is 11.5 Å². The highest BCUT2D eigenvalue weighted by Crippen LogP contribution is 2.18. The van der Waals surface area contributed by atoms with E-state index in [-0.39, 0.29) is 18.0 Å². The van der Waals surface area contributed by atoms with Crippen molar-refractivity contribution in [3.05, 3.63) is 116 Å². The molecule has 0 spiro atoms. The van der Waals surface area contributed by atoms with E-state index in [1.807, 2.05) is 68.4 Å². The monoisotopic (exact) mass is 430 g/mol. The fraction of sp³-hybridized carbons (Fsp3) is 0.154. The molecule has 0 aliphatic rings. The number of carbonyl (C=O) groups is 1. The number of rotatable bonds is 5. The van der Waals surface area contributed by atoms with Gasteiger partial charge in [0.2, 0.25) is 0 Å². The van der Waals surface area contributed by atoms with Crippen LogP contribution in [0, 0.1) is 13.8 Å². The van der Waals surface area contributed by atoms with E-state index in [4.69, 9.17) is 11.6 Å². The molecule has 156 valence electrons. The topological polar surface area (TPSA) is 53.2 Å². The highest BCUT2D eigenvalue weighted by atomic mass is 35.5. The molecule has 0 radical (unpaired) electrons. The maximum Gasteiger partial charge on any atom is 0.254 e. The van der Waals surface area contributed by atoms with E-state index in [9.17, 15) is 9.59 Å². The molecule has 4 aromatic rings.